The summed E-state index contributed by atoms with van der Waals surface area (Å²) in [6, 6.07) is 5.98. The second-order valence-corrected chi connectivity index (χ2v) is 5.01. The molecule has 0 heterocycles. The van der Waals surface area contributed by atoms with E-state index < -0.39 is 0 Å². The van der Waals surface area contributed by atoms with E-state index in [-0.39, 0.29) is 0 Å². The van der Waals surface area contributed by atoms with Crippen molar-refractivity contribution in [1.29, 1.82) is 0 Å². The molecule has 0 radical (unpaired) electrons. The second kappa shape index (κ2) is 10.4. The van der Waals surface area contributed by atoms with E-state index in [4.69, 9.17) is 9.47 Å². The molecule has 0 N–H and O–H groups in total. The Morgan fingerprint density at radius 3 is 2.20 bits per heavy atom. The van der Waals surface area contributed by atoms with Crippen LogP contribution in [0.15, 0.2) is 24.8 Å². The van der Waals surface area contributed by atoms with Crippen molar-refractivity contribution < 1.29 is 9.47 Å². The van der Waals surface area contributed by atoms with Crippen LogP contribution in [0.3, 0.4) is 0 Å². The summed E-state index contributed by atoms with van der Waals surface area (Å²) in [5, 5.41) is 0. The predicted molar refractivity (Wildman–Crippen MR) is 86.6 cm³/mol. The standard InChI is InChI=1S/C18H28O2/c1-4-7-9-13-19-17-12-11-16(6-3)18(15-17)20-14-10-8-5-2/h6,11-12,15H,3-5,7-10,13-14H2,1-2H3. The maximum absolute atomic E-state index is 5.85. The summed E-state index contributed by atoms with van der Waals surface area (Å²) in [7, 11) is 0. The largest absolute Gasteiger partial charge is 0.493 e. The molecule has 0 amide bonds. The molecule has 0 fully saturated rings. The van der Waals surface area contributed by atoms with Crippen molar-refractivity contribution in [3.8, 4) is 11.5 Å². The molecule has 0 spiro atoms. The minimum absolute atomic E-state index is 0.758. The summed E-state index contributed by atoms with van der Waals surface area (Å²) in [5.74, 6) is 1.77. The Hall–Kier alpha value is -1.44. The van der Waals surface area contributed by atoms with Gasteiger partial charge in [-0.25, -0.2) is 0 Å². The monoisotopic (exact) mass is 276 g/mol. The minimum Gasteiger partial charge on any atom is -0.493 e. The van der Waals surface area contributed by atoms with Crippen molar-refractivity contribution in [2.75, 3.05) is 13.2 Å². The van der Waals surface area contributed by atoms with Gasteiger partial charge in [0, 0.05) is 11.6 Å². The Balaban J connectivity index is 2.53. The van der Waals surface area contributed by atoms with Crippen LogP contribution in [-0.2, 0) is 0 Å². The normalized spacial score (nSPS) is 10.3. The Bertz CT molecular complexity index is 385. The molecule has 2 heteroatoms. The zero-order valence-electron chi connectivity index (χ0n) is 13.0. The van der Waals surface area contributed by atoms with Crippen LogP contribution in [0.4, 0.5) is 0 Å². The number of hydrogen-bond donors (Lipinski definition) is 0. The molecule has 1 aromatic rings. The van der Waals surface area contributed by atoms with Gasteiger partial charge in [-0.2, -0.15) is 0 Å². The first kappa shape index (κ1) is 16.6. The Morgan fingerprint density at radius 1 is 0.950 bits per heavy atom. The van der Waals surface area contributed by atoms with Crippen molar-refractivity contribution >= 4 is 6.08 Å². The number of hydrogen-bond acceptors (Lipinski definition) is 2. The van der Waals surface area contributed by atoms with Crippen LogP contribution < -0.4 is 9.47 Å². The van der Waals surface area contributed by atoms with Gasteiger partial charge in [0.25, 0.3) is 0 Å². The lowest BCUT2D eigenvalue weighted by atomic mass is 10.2. The van der Waals surface area contributed by atoms with Gasteiger partial charge in [-0.05, 0) is 25.0 Å². The van der Waals surface area contributed by atoms with Gasteiger partial charge in [0.2, 0.25) is 0 Å². The van der Waals surface area contributed by atoms with E-state index in [2.05, 4.69) is 20.4 Å². The lowest BCUT2D eigenvalue weighted by Crippen LogP contribution is -2.01. The fourth-order valence-electron chi connectivity index (χ4n) is 1.97. The van der Waals surface area contributed by atoms with E-state index in [1.165, 1.54) is 25.7 Å². The quantitative estimate of drug-likeness (QED) is 0.499. The molecule has 112 valence electrons. The summed E-state index contributed by atoms with van der Waals surface area (Å²) >= 11 is 0. The van der Waals surface area contributed by atoms with Gasteiger partial charge in [-0.3, -0.25) is 0 Å². The van der Waals surface area contributed by atoms with E-state index in [0.717, 1.165) is 43.1 Å². The molecule has 0 bridgehead atoms. The van der Waals surface area contributed by atoms with Crippen LogP contribution in [0.5, 0.6) is 11.5 Å². The summed E-state index contributed by atoms with van der Waals surface area (Å²) in [4.78, 5) is 0. The molecule has 0 aliphatic rings. The first-order chi connectivity index (χ1) is 9.81. The number of ether oxygens (including phenoxy) is 2. The van der Waals surface area contributed by atoms with Crippen molar-refractivity contribution in [2.45, 2.75) is 52.4 Å². The maximum Gasteiger partial charge on any atom is 0.130 e. The van der Waals surface area contributed by atoms with Crippen molar-refractivity contribution in [3.63, 3.8) is 0 Å². The Morgan fingerprint density at radius 2 is 1.60 bits per heavy atom. The highest BCUT2D eigenvalue weighted by Crippen LogP contribution is 2.26. The molecule has 0 saturated heterocycles. The van der Waals surface area contributed by atoms with E-state index in [1.54, 1.807) is 0 Å². The molecule has 0 saturated carbocycles. The molecule has 0 aliphatic heterocycles. The molecule has 1 aromatic carbocycles. The maximum atomic E-state index is 5.85. The number of rotatable bonds is 11. The fourth-order valence-corrected chi connectivity index (χ4v) is 1.97. The highest BCUT2D eigenvalue weighted by molar-refractivity contribution is 5.57. The predicted octanol–water partition coefficient (Wildman–Crippen LogP) is 5.47. The van der Waals surface area contributed by atoms with Gasteiger partial charge in [-0.15, -0.1) is 0 Å². The molecule has 20 heavy (non-hydrogen) atoms. The van der Waals surface area contributed by atoms with Gasteiger partial charge in [0.05, 0.1) is 13.2 Å². The van der Waals surface area contributed by atoms with E-state index in [9.17, 15) is 0 Å². The zero-order valence-corrected chi connectivity index (χ0v) is 13.0. The van der Waals surface area contributed by atoms with E-state index in [1.807, 2.05) is 24.3 Å². The molecule has 2 nitrogen and oxygen atoms in total. The first-order valence-electron chi connectivity index (χ1n) is 7.83. The van der Waals surface area contributed by atoms with Gasteiger partial charge in [-0.1, -0.05) is 52.2 Å². The average molecular weight is 276 g/mol. The number of benzene rings is 1. The van der Waals surface area contributed by atoms with Crippen LogP contribution in [-0.4, -0.2) is 13.2 Å². The third kappa shape index (κ3) is 6.14. The molecule has 0 aliphatic carbocycles. The van der Waals surface area contributed by atoms with Crippen molar-refractivity contribution in [1.82, 2.24) is 0 Å². The van der Waals surface area contributed by atoms with Crippen LogP contribution in [0.2, 0.25) is 0 Å². The molecular weight excluding hydrogens is 248 g/mol. The smallest absolute Gasteiger partial charge is 0.130 e. The lowest BCUT2D eigenvalue weighted by Gasteiger charge is -2.12. The summed E-state index contributed by atoms with van der Waals surface area (Å²) in [6.07, 6.45) is 8.86. The second-order valence-electron chi connectivity index (χ2n) is 5.01. The first-order valence-corrected chi connectivity index (χ1v) is 7.83. The highest BCUT2D eigenvalue weighted by Gasteiger charge is 2.04. The van der Waals surface area contributed by atoms with Gasteiger partial charge in [0.15, 0.2) is 0 Å². The summed E-state index contributed by atoms with van der Waals surface area (Å²) < 4.78 is 11.6. The Kier molecular flexibility index (Phi) is 8.61. The molecule has 1 rings (SSSR count). The van der Waals surface area contributed by atoms with E-state index in [0.29, 0.717) is 0 Å². The average Bonchev–Trinajstić information content (AvgIpc) is 2.48. The van der Waals surface area contributed by atoms with Crippen LogP contribution >= 0.6 is 0 Å². The SMILES string of the molecule is C=Cc1ccc(OCCCCC)cc1OCCCCC. The molecule has 0 unspecified atom stereocenters. The Labute approximate surface area is 123 Å². The van der Waals surface area contributed by atoms with Crippen molar-refractivity contribution in [2.24, 2.45) is 0 Å². The molecular formula is C18H28O2. The van der Waals surface area contributed by atoms with Crippen LogP contribution in [0.1, 0.15) is 57.9 Å². The van der Waals surface area contributed by atoms with E-state index >= 15 is 0 Å². The molecule has 0 aromatic heterocycles. The fraction of sp³-hybridized carbons (Fsp3) is 0.556. The van der Waals surface area contributed by atoms with Gasteiger partial charge in [0.1, 0.15) is 11.5 Å². The summed E-state index contributed by atoms with van der Waals surface area (Å²) in [5.41, 5.74) is 1.03. The van der Waals surface area contributed by atoms with Crippen LogP contribution in [0, 0.1) is 0 Å². The summed E-state index contributed by atoms with van der Waals surface area (Å²) in [6.45, 7) is 9.75. The van der Waals surface area contributed by atoms with Crippen molar-refractivity contribution in [3.05, 3.63) is 30.3 Å². The topological polar surface area (TPSA) is 18.5 Å². The highest BCUT2D eigenvalue weighted by atomic mass is 16.5. The third-order valence-electron chi connectivity index (χ3n) is 3.23. The number of unbranched alkanes of at least 4 members (excludes halogenated alkanes) is 4. The van der Waals surface area contributed by atoms with Crippen LogP contribution in [0.25, 0.3) is 6.08 Å². The van der Waals surface area contributed by atoms with Gasteiger partial charge < -0.3 is 9.47 Å². The molecule has 0 atom stereocenters. The van der Waals surface area contributed by atoms with Gasteiger partial charge >= 0.3 is 0 Å². The minimum atomic E-state index is 0.758. The third-order valence-corrected chi connectivity index (χ3v) is 3.23. The zero-order chi connectivity index (χ0) is 14.6. The lowest BCUT2D eigenvalue weighted by molar-refractivity contribution is 0.291.